The van der Waals surface area contributed by atoms with Gasteiger partial charge in [0.2, 0.25) is 0 Å². The summed E-state index contributed by atoms with van der Waals surface area (Å²) in [4.78, 5) is 0. The molecule has 0 rings (SSSR count). The summed E-state index contributed by atoms with van der Waals surface area (Å²) in [5, 5.41) is 0. The van der Waals surface area contributed by atoms with Crippen LogP contribution in [0.4, 0.5) is 4.70 Å². The smallest absolute Gasteiger partial charge is 0.00279 e. The van der Waals surface area contributed by atoms with Crippen molar-refractivity contribution in [1.29, 1.82) is 0 Å². The molecule has 12 heavy (non-hydrogen) atoms. The van der Waals surface area contributed by atoms with Crippen LogP contribution in [0.1, 0.15) is 58.3 Å². The summed E-state index contributed by atoms with van der Waals surface area (Å²) >= 11 is 0. The highest BCUT2D eigenvalue weighted by Crippen LogP contribution is 2.08. The summed E-state index contributed by atoms with van der Waals surface area (Å²) in [6.07, 6.45) is 11.7. The highest BCUT2D eigenvalue weighted by molar-refractivity contribution is 6.08. The second kappa shape index (κ2) is 13.7. The predicted octanol–water partition coefficient (Wildman–Crippen LogP) is 3.06. The maximum Gasteiger partial charge on any atom is 0.00279 e. The van der Waals surface area contributed by atoms with Crippen LogP contribution in [-0.4, -0.2) is 10.2 Å². The number of hydrogen-bond acceptors (Lipinski definition) is 0. The molecule has 0 atom stereocenters. The standard InChI is InChI=1S/C10H24Si.FH/c1-2-3-4-5-6-7-8-9-10-11;/h2-10H2,1,11H3;1H. The zero-order valence-electron chi connectivity index (χ0n) is 8.77. The van der Waals surface area contributed by atoms with Crippen molar-refractivity contribution in [2.75, 3.05) is 0 Å². The monoisotopic (exact) mass is 192 g/mol. The lowest BCUT2D eigenvalue weighted by molar-refractivity contribution is 0.585. The minimum Gasteiger partial charge on any atom is -0.269 e. The Kier molecular flexibility index (Phi) is 16.8. The van der Waals surface area contributed by atoms with Crippen LogP contribution in [0.2, 0.25) is 6.04 Å². The van der Waals surface area contributed by atoms with Crippen molar-refractivity contribution in [3.8, 4) is 0 Å². The molecule has 0 saturated carbocycles. The first kappa shape index (κ1) is 14.7. The van der Waals surface area contributed by atoms with E-state index in [4.69, 9.17) is 0 Å². The molecular formula is C10H25FSi. The number of hydrogen-bond donors (Lipinski definition) is 0. The molecule has 0 aromatic carbocycles. The van der Waals surface area contributed by atoms with Crippen molar-refractivity contribution in [3.63, 3.8) is 0 Å². The molecule has 0 radical (unpaired) electrons. The topological polar surface area (TPSA) is 0 Å². The van der Waals surface area contributed by atoms with Gasteiger partial charge < -0.3 is 0 Å². The molecule has 0 spiro atoms. The molecular weight excluding hydrogens is 167 g/mol. The van der Waals surface area contributed by atoms with Gasteiger partial charge in [-0.05, 0) is 0 Å². The normalized spacial score (nSPS) is 9.75. The van der Waals surface area contributed by atoms with Gasteiger partial charge in [0.15, 0.2) is 0 Å². The van der Waals surface area contributed by atoms with Gasteiger partial charge in [-0.25, -0.2) is 0 Å². The van der Waals surface area contributed by atoms with Gasteiger partial charge in [0, 0.05) is 10.2 Å². The third-order valence-electron chi connectivity index (χ3n) is 2.21. The average molecular weight is 192 g/mol. The zero-order valence-corrected chi connectivity index (χ0v) is 10.8. The van der Waals surface area contributed by atoms with Gasteiger partial charge >= 0.3 is 0 Å². The Morgan fingerprint density at radius 1 is 0.750 bits per heavy atom. The van der Waals surface area contributed by atoms with E-state index >= 15 is 0 Å². The van der Waals surface area contributed by atoms with E-state index in [1.54, 1.807) is 0 Å². The maximum atomic E-state index is 2.28. The Hall–Kier alpha value is 0.147. The van der Waals surface area contributed by atoms with Crippen LogP contribution in [0.25, 0.3) is 0 Å². The molecule has 0 fully saturated rings. The minimum absolute atomic E-state index is 0. The summed E-state index contributed by atoms with van der Waals surface area (Å²) in [7, 11) is 1.41. The highest BCUT2D eigenvalue weighted by atomic mass is 28.1. The summed E-state index contributed by atoms with van der Waals surface area (Å²) in [5.74, 6) is 0. The van der Waals surface area contributed by atoms with E-state index in [1.165, 1.54) is 67.7 Å². The molecule has 0 amide bonds. The number of halogens is 1. The van der Waals surface area contributed by atoms with Crippen molar-refractivity contribution in [3.05, 3.63) is 0 Å². The molecule has 76 valence electrons. The van der Waals surface area contributed by atoms with Crippen molar-refractivity contribution in [2.24, 2.45) is 0 Å². The van der Waals surface area contributed by atoms with Gasteiger partial charge in [-0.3, -0.25) is 4.70 Å². The zero-order chi connectivity index (χ0) is 8.36. The molecule has 2 heteroatoms. The first-order chi connectivity index (χ1) is 5.41. The summed E-state index contributed by atoms with van der Waals surface area (Å²) in [6.45, 7) is 2.28. The van der Waals surface area contributed by atoms with Crippen molar-refractivity contribution in [2.45, 2.75) is 64.3 Å². The van der Waals surface area contributed by atoms with Gasteiger partial charge in [-0.15, -0.1) is 0 Å². The lowest BCUT2D eigenvalue weighted by Crippen LogP contribution is -1.79. The fraction of sp³-hybridized carbons (Fsp3) is 1.00. The van der Waals surface area contributed by atoms with Gasteiger partial charge in [0.25, 0.3) is 0 Å². The van der Waals surface area contributed by atoms with Gasteiger partial charge in [-0.1, -0.05) is 64.3 Å². The largest absolute Gasteiger partial charge is 0.269 e. The molecule has 0 unspecified atom stereocenters. The van der Waals surface area contributed by atoms with Gasteiger partial charge in [0.1, 0.15) is 0 Å². The summed E-state index contributed by atoms with van der Waals surface area (Å²) in [6, 6.07) is 1.51. The van der Waals surface area contributed by atoms with E-state index in [2.05, 4.69) is 6.92 Å². The van der Waals surface area contributed by atoms with Crippen molar-refractivity contribution in [1.82, 2.24) is 0 Å². The molecule has 0 heterocycles. The average Bonchev–Trinajstić information content (AvgIpc) is 2.03. The first-order valence-electron chi connectivity index (χ1n) is 5.41. The fourth-order valence-electron chi connectivity index (χ4n) is 1.38. The molecule has 0 N–H and O–H groups in total. The fourth-order valence-corrected chi connectivity index (χ4v) is 1.88. The van der Waals surface area contributed by atoms with E-state index in [0.29, 0.717) is 0 Å². The Bertz CT molecular complexity index is 58.9. The summed E-state index contributed by atoms with van der Waals surface area (Å²) in [5.41, 5.74) is 0. The van der Waals surface area contributed by atoms with Crippen LogP contribution in [0.15, 0.2) is 0 Å². The van der Waals surface area contributed by atoms with Crippen LogP contribution in [0, 0.1) is 0 Å². The van der Waals surface area contributed by atoms with Crippen LogP contribution >= 0.6 is 0 Å². The lowest BCUT2D eigenvalue weighted by Gasteiger charge is -1.98. The van der Waals surface area contributed by atoms with E-state index in [9.17, 15) is 0 Å². The second-order valence-electron chi connectivity index (χ2n) is 3.47. The van der Waals surface area contributed by atoms with Crippen LogP contribution in [0.5, 0.6) is 0 Å². The van der Waals surface area contributed by atoms with Gasteiger partial charge in [-0.2, -0.15) is 0 Å². The van der Waals surface area contributed by atoms with E-state index in [-0.39, 0.29) is 4.70 Å². The highest BCUT2D eigenvalue weighted by Gasteiger charge is 1.88. The lowest BCUT2D eigenvalue weighted by atomic mass is 10.1. The van der Waals surface area contributed by atoms with Crippen LogP contribution in [0.3, 0.4) is 0 Å². The van der Waals surface area contributed by atoms with Crippen LogP contribution in [-0.2, 0) is 0 Å². The number of rotatable bonds is 8. The Labute approximate surface area is 79.9 Å². The SMILES string of the molecule is CCCCCCCCCC[SiH3].F. The first-order valence-corrected chi connectivity index (χ1v) is 6.83. The predicted molar refractivity (Wildman–Crippen MR) is 59.9 cm³/mol. The molecule has 0 aliphatic carbocycles. The third kappa shape index (κ3) is 12.8. The van der Waals surface area contributed by atoms with E-state index < -0.39 is 0 Å². The second-order valence-corrected chi connectivity index (χ2v) is 4.47. The van der Waals surface area contributed by atoms with E-state index in [0.717, 1.165) is 0 Å². The molecule has 0 saturated heterocycles. The Morgan fingerprint density at radius 3 is 1.58 bits per heavy atom. The minimum atomic E-state index is 0. The summed E-state index contributed by atoms with van der Waals surface area (Å²) < 4.78 is 0. The Balaban J connectivity index is 0. The maximum absolute atomic E-state index is 2.28. The third-order valence-corrected chi connectivity index (χ3v) is 2.91. The molecule has 0 aromatic heterocycles. The quantitative estimate of drug-likeness (QED) is 0.409. The molecule has 0 aliphatic heterocycles. The van der Waals surface area contributed by atoms with Crippen molar-refractivity contribution < 1.29 is 4.70 Å². The molecule has 0 aliphatic rings. The van der Waals surface area contributed by atoms with Crippen LogP contribution < -0.4 is 0 Å². The number of unbranched alkanes of at least 4 members (excludes halogenated alkanes) is 7. The molecule has 0 aromatic rings. The Morgan fingerprint density at radius 2 is 1.17 bits per heavy atom. The molecule has 0 nitrogen and oxygen atoms in total. The molecule has 0 bridgehead atoms. The van der Waals surface area contributed by atoms with Gasteiger partial charge in [0.05, 0.1) is 0 Å². The van der Waals surface area contributed by atoms with Crippen molar-refractivity contribution >= 4 is 10.2 Å². The van der Waals surface area contributed by atoms with E-state index in [1.807, 2.05) is 0 Å².